The van der Waals surface area contributed by atoms with Crippen molar-refractivity contribution in [1.82, 2.24) is 29.5 Å². The topological polar surface area (TPSA) is 93.7 Å². The molecule has 198 valence electrons. The number of anilines is 2. The summed E-state index contributed by atoms with van der Waals surface area (Å²) in [5.74, 6) is 2.89. The molecule has 38 heavy (non-hydrogen) atoms. The number of alkyl halides is 2. The molecule has 3 heterocycles. The number of rotatable bonds is 9. The molecule has 0 aliphatic heterocycles. The van der Waals surface area contributed by atoms with Gasteiger partial charge in [-0.3, -0.25) is 0 Å². The quantitative estimate of drug-likeness (QED) is 0.282. The molecule has 1 aromatic carbocycles. The highest BCUT2D eigenvalue weighted by Gasteiger charge is 2.34. The van der Waals surface area contributed by atoms with E-state index in [0.29, 0.717) is 23.5 Å². The highest BCUT2D eigenvalue weighted by atomic mass is 19.3. The summed E-state index contributed by atoms with van der Waals surface area (Å²) in [6.07, 6.45) is 2.90. The summed E-state index contributed by atoms with van der Waals surface area (Å²) >= 11 is 0. The molecule has 8 nitrogen and oxygen atoms in total. The third-order valence-electron chi connectivity index (χ3n) is 7.58. The molecule has 2 fully saturated rings. The standard InChI is InChI=1S/C28H31F2N7O/c1-15-25(19-6-10-21(11-7-19)27(29)30)35-36(13-18-4-5-18)28(15)33-22-12-23(32-14-31-22)37-17(3)24(16(2)34-37)26(38)20-8-9-20/h6-7,10-12,14,18,20,26-27,38H,4-5,8-9,13H2,1-3H3,(H,31,32,33). The number of aryl methyl sites for hydroxylation is 1. The van der Waals surface area contributed by atoms with Gasteiger partial charge in [0.25, 0.3) is 6.43 Å². The average molecular weight is 520 g/mol. The molecular formula is C28H31F2N7O. The zero-order valence-electron chi connectivity index (χ0n) is 21.7. The van der Waals surface area contributed by atoms with Crippen LogP contribution < -0.4 is 5.32 Å². The number of hydrogen-bond donors (Lipinski definition) is 2. The number of hydrogen-bond acceptors (Lipinski definition) is 6. The summed E-state index contributed by atoms with van der Waals surface area (Å²) in [6.45, 7) is 6.62. The Bertz CT molecular complexity index is 1470. The lowest BCUT2D eigenvalue weighted by Gasteiger charge is -2.12. The van der Waals surface area contributed by atoms with Crippen molar-refractivity contribution < 1.29 is 13.9 Å². The molecule has 10 heteroatoms. The fourth-order valence-corrected chi connectivity index (χ4v) is 5.05. The number of nitrogens with one attached hydrogen (secondary N) is 1. The monoisotopic (exact) mass is 519 g/mol. The molecule has 0 amide bonds. The SMILES string of the molecule is Cc1nn(-c2cc(Nc3c(C)c(-c4ccc(C(F)F)cc4)nn3CC3CC3)ncn2)c(C)c1C(O)C1CC1. The Morgan fingerprint density at radius 1 is 1.03 bits per heavy atom. The third kappa shape index (κ3) is 4.69. The minimum Gasteiger partial charge on any atom is -0.388 e. The Hall–Kier alpha value is -3.66. The summed E-state index contributed by atoms with van der Waals surface area (Å²) in [4.78, 5) is 8.89. The molecule has 2 aliphatic carbocycles. The van der Waals surface area contributed by atoms with Crippen molar-refractivity contribution in [1.29, 1.82) is 0 Å². The van der Waals surface area contributed by atoms with Crippen LogP contribution in [0.3, 0.4) is 0 Å². The number of nitrogens with zero attached hydrogens (tertiary/aromatic N) is 6. The molecule has 0 saturated heterocycles. The Kier molecular flexibility index (Phi) is 6.22. The second-order valence-electron chi connectivity index (χ2n) is 10.5. The Labute approximate surface area is 219 Å². The van der Waals surface area contributed by atoms with Crippen LogP contribution in [0.4, 0.5) is 20.4 Å². The zero-order chi connectivity index (χ0) is 26.6. The van der Waals surface area contributed by atoms with Gasteiger partial charge in [0, 0.05) is 40.6 Å². The lowest BCUT2D eigenvalue weighted by Crippen LogP contribution is -2.09. The van der Waals surface area contributed by atoms with Crippen LogP contribution in [0.1, 0.15) is 66.3 Å². The number of halogens is 2. The van der Waals surface area contributed by atoms with Crippen molar-refractivity contribution in [3.05, 3.63) is 64.7 Å². The van der Waals surface area contributed by atoms with Gasteiger partial charge in [0.05, 0.1) is 17.5 Å². The van der Waals surface area contributed by atoms with E-state index in [9.17, 15) is 13.9 Å². The fourth-order valence-electron chi connectivity index (χ4n) is 5.05. The van der Waals surface area contributed by atoms with Crippen LogP contribution in [0.15, 0.2) is 36.7 Å². The highest BCUT2D eigenvalue weighted by molar-refractivity contribution is 5.71. The maximum absolute atomic E-state index is 13.1. The molecular weight excluding hydrogens is 488 g/mol. The van der Waals surface area contributed by atoms with E-state index in [1.165, 1.54) is 31.3 Å². The number of aliphatic hydroxyl groups excluding tert-OH is 1. The first kappa shape index (κ1) is 24.7. The molecule has 3 aromatic heterocycles. The average Bonchev–Trinajstić information content (AvgIpc) is 3.83. The molecule has 2 N–H and O–H groups in total. The van der Waals surface area contributed by atoms with E-state index in [1.54, 1.807) is 16.8 Å². The van der Waals surface area contributed by atoms with Gasteiger partial charge in [-0.05, 0) is 58.3 Å². The van der Waals surface area contributed by atoms with E-state index in [2.05, 4.69) is 20.4 Å². The number of aromatic nitrogens is 6. The molecule has 6 rings (SSSR count). The van der Waals surface area contributed by atoms with E-state index in [1.807, 2.05) is 31.5 Å². The first-order valence-corrected chi connectivity index (χ1v) is 13.1. The second-order valence-corrected chi connectivity index (χ2v) is 10.5. The first-order valence-electron chi connectivity index (χ1n) is 13.1. The fraction of sp³-hybridized carbons (Fsp3) is 0.429. The van der Waals surface area contributed by atoms with E-state index >= 15 is 0 Å². The molecule has 1 unspecified atom stereocenters. The Balaban J connectivity index is 1.32. The van der Waals surface area contributed by atoms with Gasteiger partial charge < -0.3 is 10.4 Å². The summed E-state index contributed by atoms with van der Waals surface area (Å²) in [6, 6.07) is 8.12. The van der Waals surface area contributed by atoms with E-state index in [0.717, 1.165) is 59.0 Å². The van der Waals surface area contributed by atoms with Crippen LogP contribution in [0.25, 0.3) is 17.1 Å². The molecule has 0 bridgehead atoms. The lowest BCUT2D eigenvalue weighted by molar-refractivity contribution is 0.151. The summed E-state index contributed by atoms with van der Waals surface area (Å²) in [7, 11) is 0. The smallest absolute Gasteiger partial charge is 0.263 e. The van der Waals surface area contributed by atoms with Crippen molar-refractivity contribution >= 4 is 11.6 Å². The van der Waals surface area contributed by atoms with Crippen molar-refractivity contribution in [2.24, 2.45) is 11.8 Å². The zero-order valence-corrected chi connectivity index (χ0v) is 21.7. The van der Waals surface area contributed by atoms with Gasteiger partial charge in [-0.2, -0.15) is 10.2 Å². The summed E-state index contributed by atoms with van der Waals surface area (Å²) in [5.41, 5.74) is 5.00. The van der Waals surface area contributed by atoms with Crippen molar-refractivity contribution in [2.45, 2.75) is 65.5 Å². The van der Waals surface area contributed by atoms with Crippen LogP contribution in [0.2, 0.25) is 0 Å². The van der Waals surface area contributed by atoms with Crippen LogP contribution in [-0.2, 0) is 6.54 Å². The largest absolute Gasteiger partial charge is 0.388 e. The van der Waals surface area contributed by atoms with E-state index in [-0.39, 0.29) is 5.56 Å². The van der Waals surface area contributed by atoms with Gasteiger partial charge in [-0.25, -0.2) is 28.1 Å². The van der Waals surface area contributed by atoms with Crippen molar-refractivity contribution in [2.75, 3.05) is 5.32 Å². The number of benzene rings is 1. The van der Waals surface area contributed by atoms with Crippen LogP contribution in [0.5, 0.6) is 0 Å². The van der Waals surface area contributed by atoms with Gasteiger partial charge in [0.1, 0.15) is 18.0 Å². The van der Waals surface area contributed by atoms with Crippen LogP contribution in [0, 0.1) is 32.6 Å². The van der Waals surface area contributed by atoms with Gasteiger partial charge in [0.15, 0.2) is 5.82 Å². The predicted molar refractivity (Wildman–Crippen MR) is 140 cm³/mol. The minimum absolute atomic E-state index is 0.00682. The van der Waals surface area contributed by atoms with Gasteiger partial charge in [-0.1, -0.05) is 24.3 Å². The molecule has 0 spiro atoms. The van der Waals surface area contributed by atoms with Gasteiger partial charge in [0.2, 0.25) is 0 Å². The maximum atomic E-state index is 13.1. The predicted octanol–water partition coefficient (Wildman–Crippen LogP) is 5.99. The molecule has 4 aromatic rings. The normalized spacial score (nSPS) is 16.3. The van der Waals surface area contributed by atoms with Crippen LogP contribution in [-0.4, -0.2) is 34.6 Å². The number of aliphatic hydroxyl groups is 1. The summed E-state index contributed by atoms with van der Waals surface area (Å²) in [5, 5.41) is 23.7. The van der Waals surface area contributed by atoms with E-state index < -0.39 is 12.5 Å². The lowest BCUT2D eigenvalue weighted by atomic mass is 10.0. The minimum atomic E-state index is -2.50. The molecule has 2 saturated carbocycles. The van der Waals surface area contributed by atoms with E-state index in [4.69, 9.17) is 5.10 Å². The van der Waals surface area contributed by atoms with Crippen molar-refractivity contribution in [3.63, 3.8) is 0 Å². The van der Waals surface area contributed by atoms with Crippen molar-refractivity contribution in [3.8, 4) is 17.1 Å². The maximum Gasteiger partial charge on any atom is 0.263 e. The second kappa shape index (κ2) is 9.58. The van der Waals surface area contributed by atoms with Gasteiger partial charge in [-0.15, -0.1) is 0 Å². The van der Waals surface area contributed by atoms with Crippen LogP contribution >= 0.6 is 0 Å². The summed E-state index contributed by atoms with van der Waals surface area (Å²) < 4.78 is 29.8. The molecule has 2 aliphatic rings. The Morgan fingerprint density at radius 2 is 1.76 bits per heavy atom. The highest BCUT2D eigenvalue weighted by Crippen LogP contribution is 2.43. The molecule has 1 atom stereocenters. The third-order valence-corrected chi connectivity index (χ3v) is 7.58. The Morgan fingerprint density at radius 3 is 2.42 bits per heavy atom. The first-order chi connectivity index (χ1) is 18.3. The molecule has 0 radical (unpaired) electrons. The van der Waals surface area contributed by atoms with Gasteiger partial charge >= 0.3 is 0 Å².